The molecule has 0 spiro atoms. The molecule has 1 saturated heterocycles. The van der Waals surface area contributed by atoms with Gasteiger partial charge < -0.3 is 5.32 Å². The first-order chi connectivity index (χ1) is 5.91. The largest absolute Gasteiger partial charge is 0.311 e. The Labute approximate surface area is 82.7 Å². The minimum absolute atomic E-state index is 0.382. The fourth-order valence-corrected chi connectivity index (χ4v) is 1.82. The third-order valence-corrected chi connectivity index (χ3v) is 2.98. The van der Waals surface area contributed by atoms with Crippen molar-refractivity contribution in [2.24, 2.45) is 5.41 Å². The lowest BCUT2D eigenvalue weighted by Gasteiger charge is -2.42. The summed E-state index contributed by atoms with van der Waals surface area (Å²) in [7, 11) is 0. The first-order valence-electron chi connectivity index (χ1n) is 5.38. The molecule has 0 amide bonds. The van der Waals surface area contributed by atoms with Crippen LogP contribution in [0.3, 0.4) is 0 Å². The van der Waals surface area contributed by atoms with Crippen molar-refractivity contribution in [3.8, 4) is 0 Å². The summed E-state index contributed by atoms with van der Waals surface area (Å²) in [6.45, 7) is 15.0. The zero-order chi connectivity index (χ0) is 10.1. The van der Waals surface area contributed by atoms with Crippen molar-refractivity contribution in [1.82, 2.24) is 10.2 Å². The molecule has 0 saturated carbocycles. The normalized spacial score (nSPS) is 26.8. The quantitative estimate of drug-likeness (QED) is 0.667. The van der Waals surface area contributed by atoms with Crippen molar-refractivity contribution in [3.63, 3.8) is 0 Å². The van der Waals surface area contributed by atoms with Crippen molar-refractivity contribution in [2.75, 3.05) is 19.6 Å². The summed E-state index contributed by atoms with van der Waals surface area (Å²) in [4.78, 5) is 2.56. The summed E-state index contributed by atoms with van der Waals surface area (Å²) in [6, 6.07) is 1.33. The topological polar surface area (TPSA) is 15.3 Å². The van der Waals surface area contributed by atoms with Gasteiger partial charge >= 0.3 is 0 Å². The zero-order valence-electron chi connectivity index (χ0n) is 9.72. The van der Waals surface area contributed by atoms with Crippen molar-refractivity contribution in [3.05, 3.63) is 0 Å². The first-order valence-corrected chi connectivity index (χ1v) is 5.38. The minimum atomic E-state index is 0.382. The third-order valence-electron chi connectivity index (χ3n) is 2.98. The van der Waals surface area contributed by atoms with Gasteiger partial charge in [0.25, 0.3) is 0 Å². The van der Waals surface area contributed by atoms with E-state index in [0.29, 0.717) is 17.5 Å². The van der Waals surface area contributed by atoms with Crippen LogP contribution in [0.5, 0.6) is 0 Å². The summed E-state index contributed by atoms with van der Waals surface area (Å²) in [5, 5.41) is 3.60. The van der Waals surface area contributed by atoms with Crippen molar-refractivity contribution < 1.29 is 0 Å². The second kappa shape index (κ2) is 3.97. The average molecular weight is 184 g/mol. The maximum Gasteiger partial charge on any atom is 0.0244 e. The molecule has 1 atom stereocenters. The number of hydrogen-bond donors (Lipinski definition) is 1. The molecule has 2 heteroatoms. The van der Waals surface area contributed by atoms with Gasteiger partial charge in [-0.15, -0.1) is 0 Å². The predicted octanol–water partition coefficient (Wildman–Crippen LogP) is 1.71. The minimum Gasteiger partial charge on any atom is -0.311 e. The number of piperazine rings is 1. The molecule has 78 valence electrons. The molecule has 1 aliphatic rings. The van der Waals surface area contributed by atoms with E-state index >= 15 is 0 Å². The molecule has 1 N–H and O–H groups in total. The smallest absolute Gasteiger partial charge is 0.0244 e. The summed E-state index contributed by atoms with van der Waals surface area (Å²) >= 11 is 0. The molecule has 0 aromatic carbocycles. The molecule has 0 aromatic heterocycles. The molecule has 1 rings (SSSR count). The zero-order valence-corrected chi connectivity index (χ0v) is 9.72. The Hall–Kier alpha value is -0.0800. The number of hydrogen-bond acceptors (Lipinski definition) is 2. The van der Waals surface area contributed by atoms with E-state index in [2.05, 4.69) is 44.8 Å². The number of nitrogens with one attached hydrogen (secondary N) is 1. The van der Waals surface area contributed by atoms with Gasteiger partial charge in [-0.2, -0.15) is 0 Å². The Morgan fingerprint density at radius 1 is 1.31 bits per heavy atom. The number of nitrogens with zero attached hydrogens (tertiary/aromatic N) is 1. The fraction of sp³-hybridized carbons (Fsp3) is 1.00. The molecule has 2 nitrogen and oxygen atoms in total. The van der Waals surface area contributed by atoms with E-state index in [4.69, 9.17) is 0 Å². The van der Waals surface area contributed by atoms with Crippen LogP contribution in [0, 0.1) is 5.41 Å². The van der Waals surface area contributed by atoms with E-state index in [1.807, 2.05) is 0 Å². The fourth-order valence-electron chi connectivity index (χ4n) is 1.82. The second-order valence-corrected chi connectivity index (χ2v) is 5.46. The molecule has 1 aliphatic heterocycles. The highest BCUT2D eigenvalue weighted by molar-refractivity contribution is 4.88. The molecule has 0 bridgehead atoms. The van der Waals surface area contributed by atoms with Crippen LogP contribution < -0.4 is 5.32 Å². The van der Waals surface area contributed by atoms with Gasteiger partial charge in [-0.1, -0.05) is 20.8 Å². The molecular weight excluding hydrogens is 160 g/mol. The lowest BCUT2D eigenvalue weighted by atomic mass is 9.85. The van der Waals surface area contributed by atoms with Gasteiger partial charge in [-0.3, -0.25) is 4.90 Å². The van der Waals surface area contributed by atoms with Gasteiger partial charge in [0.1, 0.15) is 0 Å². The second-order valence-electron chi connectivity index (χ2n) is 5.46. The predicted molar refractivity (Wildman–Crippen MR) is 58.0 cm³/mol. The van der Waals surface area contributed by atoms with Crippen LogP contribution >= 0.6 is 0 Å². The maximum absolute atomic E-state index is 3.60. The van der Waals surface area contributed by atoms with E-state index in [9.17, 15) is 0 Å². The van der Waals surface area contributed by atoms with Gasteiger partial charge in [0.05, 0.1) is 0 Å². The van der Waals surface area contributed by atoms with Gasteiger partial charge in [0.15, 0.2) is 0 Å². The molecule has 0 radical (unpaired) electrons. The Bertz CT molecular complexity index is 158. The molecule has 0 aliphatic carbocycles. The highest BCUT2D eigenvalue weighted by atomic mass is 15.2. The number of rotatable bonds is 1. The Morgan fingerprint density at radius 3 is 2.38 bits per heavy atom. The van der Waals surface area contributed by atoms with Crippen molar-refractivity contribution >= 4 is 0 Å². The van der Waals surface area contributed by atoms with Gasteiger partial charge in [0.2, 0.25) is 0 Å². The van der Waals surface area contributed by atoms with E-state index < -0.39 is 0 Å². The van der Waals surface area contributed by atoms with E-state index in [0.717, 1.165) is 6.54 Å². The highest BCUT2D eigenvalue weighted by Crippen LogP contribution is 2.22. The summed E-state index contributed by atoms with van der Waals surface area (Å²) in [5.74, 6) is 0. The van der Waals surface area contributed by atoms with Crippen LogP contribution in [0.2, 0.25) is 0 Å². The molecule has 1 unspecified atom stereocenters. The van der Waals surface area contributed by atoms with E-state index in [1.165, 1.54) is 13.1 Å². The standard InChI is InChI=1S/C11H24N2/c1-9(2)13-7-6-12-10(8-13)11(3,4)5/h9-10,12H,6-8H2,1-5H3. The molecule has 1 heterocycles. The molecule has 13 heavy (non-hydrogen) atoms. The van der Waals surface area contributed by atoms with Crippen LogP contribution in [0.4, 0.5) is 0 Å². The maximum atomic E-state index is 3.60. The van der Waals surface area contributed by atoms with E-state index in [1.54, 1.807) is 0 Å². The van der Waals surface area contributed by atoms with E-state index in [-0.39, 0.29) is 0 Å². The van der Waals surface area contributed by atoms with Crippen molar-refractivity contribution in [1.29, 1.82) is 0 Å². The Balaban J connectivity index is 2.52. The Kier molecular flexibility index (Phi) is 3.36. The highest BCUT2D eigenvalue weighted by Gasteiger charge is 2.29. The molecule has 0 aromatic rings. The van der Waals surface area contributed by atoms with Crippen LogP contribution in [-0.2, 0) is 0 Å². The van der Waals surface area contributed by atoms with Crippen LogP contribution in [-0.4, -0.2) is 36.6 Å². The van der Waals surface area contributed by atoms with Crippen LogP contribution in [0.1, 0.15) is 34.6 Å². The lowest BCUT2D eigenvalue weighted by Crippen LogP contribution is -2.57. The molecule has 1 fully saturated rings. The lowest BCUT2D eigenvalue weighted by molar-refractivity contribution is 0.110. The summed E-state index contributed by atoms with van der Waals surface area (Å²) in [6.07, 6.45) is 0. The van der Waals surface area contributed by atoms with Crippen LogP contribution in [0.15, 0.2) is 0 Å². The monoisotopic (exact) mass is 184 g/mol. The Morgan fingerprint density at radius 2 is 1.92 bits per heavy atom. The summed E-state index contributed by atoms with van der Waals surface area (Å²) < 4.78 is 0. The third kappa shape index (κ3) is 2.96. The van der Waals surface area contributed by atoms with Gasteiger partial charge in [-0.05, 0) is 19.3 Å². The first kappa shape index (κ1) is 11.0. The van der Waals surface area contributed by atoms with Crippen molar-refractivity contribution in [2.45, 2.75) is 46.7 Å². The van der Waals surface area contributed by atoms with Crippen LogP contribution in [0.25, 0.3) is 0 Å². The average Bonchev–Trinajstić information content (AvgIpc) is 2.03. The molecular formula is C11H24N2. The van der Waals surface area contributed by atoms with Gasteiger partial charge in [-0.25, -0.2) is 0 Å². The SMILES string of the molecule is CC(C)N1CCNC(C(C)(C)C)C1. The summed E-state index contributed by atoms with van der Waals surface area (Å²) in [5.41, 5.74) is 0.382. The van der Waals surface area contributed by atoms with Gasteiger partial charge in [0, 0.05) is 31.7 Å².